The third kappa shape index (κ3) is 2.96. The molecule has 1 atom stereocenters. The highest BCUT2D eigenvalue weighted by Crippen LogP contribution is 2.44. The van der Waals surface area contributed by atoms with Crippen LogP contribution in [0.15, 0.2) is 71.6 Å². The molecular weight excluding hydrogens is 342 g/mol. The molecule has 3 aromatic carbocycles. The molecule has 132 valence electrons. The second kappa shape index (κ2) is 6.38. The van der Waals surface area contributed by atoms with Gasteiger partial charge in [-0.05, 0) is 48.2 Å². The summed E-state index contributed by atoms with van der Waals surface area (Å²) in [5.41, 5.74) is 7.02. The van der Waals surface area contributed by atoms with E-state index in [0.29, 0.717) is 11.4 Å². The number of nitrogens with one attached hydrogen (secondary N) is 1. The second-order valence-electron chi connectivity index (χ2n) is 6.90. The zero-order valence-corrected chi connectivity index (χ0v) is 15.7. The summed E-state index contributed by atoms with van der Waals surface area (Å²) in [6.07, 6.45) is 0. The number of sulfonamides is 1. The lowest BCUT2D eigenvalue weighted by molar-refractivity contribution is 0.578. The lowest BCUT2D eigenvalue weighted by Gasteiger charge is -2.15. The van der Waals surface area contributed by atoms with Gasteiger partial charge in [-0.1, -0.05) is 65.7 Å². The zero-order chi connectivity index (χ0) is 18.3. The minimum atomic E-state index is -3.53. The first kappa shape index (κ1) is 17.0. The van der Waals surface area contributed by atoms with Crippen LogP contribution in [-0.2, 0) is 10.0 Å². The molecule has 0 radical (unpaired) electrons. The molecule has 1 aliphatic carbocycles. The van der Waals surface area contributed by atoms with Gasteiger partial charge in [0, 0.05) is 12.5 Å². The van der Waals surface area contributed by atoms with E-state index in [1.54, 1.807) is 12.1 Å². The van der Waals surface area contributed by atoms with E-state index >= 15 is 0 Å². The zero-order valence-electron chi connectivity index (χ0n) is 14.9. The monoisotopic (exact) mass is 363 g/mol. The predicted octanol–water partition coefficient (Wildman–Crippen LogP) is 4.39. The van der Waals surface area contributed by atoms with Gasteiger partial charge in [-0.25, -0.2) is 13.1 Å². The SMILES string of the molecule is Cc1ccc(S(=O)(=O)NCC2c3ccccc3-c3cc(C)ccc32)cc1. The Kier molecular flexibility index (Phi) is 4.17. The van der Waals surface area contributed by atoms with E-state index in [1.165, 1.54) is 27.8 Å². The number of benzene rings is 3. The van der Waals surface area contributed by atoms with Crippen molar-refractivity contribution in [3.05, 3.63) is 89.0 Å². The topological polar surface area (TPSA) is 46.2 Å². The third-order valence-electron chi connectivity index (χ3n) is 5.02. The van der Waals surface area contributed by atoms with Gasteiger partial charge in [0.1, 0.15) is 0 Å². The molecule has 0 saturated heterocycles. The van der Waals surface area contributed by atoms with E-state index in [9.17, 15) is 8.42 Å². The third-order valence-corrected chi connectivity index (χ3v) is 6.46. The predicted molar refractivity (Wildman–Crippen MR) is 105 cm³/mol. The molecule has 0 fully saturated rings. The molecule has 4 heteroatoms. The Morgan fingerprint density at radius 3 is 2.23 bits per heavy atom. The van der Waals surface area contributed by atoms with Crippen LogP contribution in [0.25, 0.3) is 11.1 Å². The average molecular weight is 363 g/mol. The summed E-state index contributed by atoms with van der Waals surface area (Å²) in [5.74, 6) is 0.0297. The number of aryl methyl sites for hydroxylation is 2. The van der Waals surface area contributed by atoms with Crippen LogP contribution in [0.1, 0.15) is 28.2 Å². The lowest BCUT2D eigenvalue weighted by Crippen LogP contribution is -2.28. The van der Waals surface area contributed by atoms with Crippen molar-refractivity contribution in [3.8, 4) is 11.1 Å². The summed E-state index contributed by atoms with van der Waals surface area (Å²) in [7, 11) is -3.53. The molecule has 0 heterocycles. The van der Waals surface area contributed by atoms with E-state index in [1.807, 2.05) is 31.2 Å². The van der Waals surface area contributed by atoms with Crippen LogP contribution in [0.5, 0.6) is 0 Å². The molecule has 0 amide bonds. The Morgan fingerprint density at radius 1 is 0.808 bits per heavy atom. The Labute approximate surface area is 154 Å². The van der Waals surface area contributed by atoms with Crippen LogP contribution in [0.4, 0.5) is 0 Å². The summed E-state index contributed by atoms with van der Waals surface area (Å²) in [5, 5.41) is 0. The van der Waals surface area contributed by atoms with Gasteiger partial charge in [-0.2, -0.15) is 0 Å². The van der Waals surface area contributed by atoms with Gasteiger partial charge < -0.3 is 0 Å². The van der Waals surface area contributed by atoms with Gasteiger partial charge in [0.05, 0.1) is 4.90 Å². The molecule has 0 saturated carbocycles. The molecule has 0 aliphatic heterocycles. The molecule has 0 bridgehead atoms. The first-order valence-electron chi connectivity index (χ1n) is 8.72. The Hall–Kier alpha value is -2.43. The maximum Gasteiger partial charge on any atom is 0.240 e. The molecule has 1 N–H and O–H groups in total. The van der Waals surface area contributed by atoms with Crippen molar-refractivity contribution in [3.63, 3.8) is 0 Å². The molecule has 0 aromatic heterocycles. The van der Waals surface area contributed by atoms with Crippen molar-refractivity contribution in [2.24, 2.45) is 0 Å². The van der Waals surface area contributed by atoms with Crippen LogP contribution in [-0.4, -0.2) is 15.0 Å². The highest BCUT2D eigenvalue weighted by molar-refractivity contribution is 7.89. The molecule has 4 rings (SSSR count). The molecule has 3 nitrogen and oxygen atoms in total. The van der Waals surface area contributed by atoms with Crippen molar-refractivity contribution in [1.82, 2.24) is 4.72 Å². The van der Waals surface area contributed by atoms with Gasteiger partial charge in [-0.15, -0.1) is 0 Å². The number of hydrogen-bond donors (Lipinski definition) is 1. The molecule has 26 heavy (non-hydrogen) atoms. The summed E-state index contributed by atoms with van der Waals surface area (Å²) in [6, 6.07) is 21.6. The van der Waals surface area contributed by atoms with Crippen LogP contribution >= 0.6 is 0 Å². The van der Waals surface area contributed by atoms with Crippen molar-refractivity contribution < 1.29 is 8.42 Å². The highest BCUT2D eigenvalue weighted by atomic mass is 32.2. The number of fused-ring (bicyclic) bond motifs is 3. The average Bonchev–Trinajstić information content (AvgIpc) is 2.94. The van der Waals surface area contributed by atoms with Crippen molar-refractivity contribution >= 4 is 10.0 Å². The van der Waals surface area contributed by atoms with E-state index in [2.05, 4.69) is 42.0 Å². The highest BCUT2D eigenvalue weighted by Gasteiger charge is 2.29. The first-order valence-corrected chi connectivity index (χ1v) is 10.2. The molecule has 3 aromatic rings. The smallest absolute Gasteiger partial charge is 0.210 e. The minimum Gasteiger partial charge on any atom is -0.210 e. The maximum absolute atomic E-state index is 12.7. The standard InChI is InChI=1S/C22H21NO2S/c1-15-7-10-17(11-8-15)26(24,25)23-14-22-19-6-4-3-5-18(19)21-13-16(2)9-12-20(21)22/h3-13,22-23H,14H2,1-2H3. The van der Waals surface area contributed by atoms with Crippen molar-refractivity contribution in [2.45, 2.75) is 24.7 Å². The van der Waals surface area contributed by atoms with E-state index in [-0.39, 0.29) is 5.92 Å². The fraction of sp³-hybridized carbons (Fsp3) is 0.182. The van der Waals surface area contributed by atoms with Gasteiger partial charge in [-0.3, -0.25) is 0 Å². The van der Waals surface area contributed by atoms with Gasteiger partial charge >= 0.3 is 0 Å². The molecular formula is C22H21NO2S. The summed E-state index contributed by atoms with van der Waals surface area (Å²) >= 11 is 0. The summed E-state index contributed by atoms with van der Waals surface area (Å²) in [4.78, 5) is 0.304. The Morgan fingerprint density at radius 2 is 1.46 bits per heavy atom. The normalized spacial score (nSPS) is 15.5. The van der Waals surface area contributed by atoms with Crippen LogP contribution in [0.2, 0.25) is 0 Å². The number of rotatable bonds is 4. The summed E-state index contributed by atoms with van der Waals surface area (Å²) < 4.78 is 28.1. The molecule has 1 unspecified atom stereocenters. The Bertz CT molecular complexity index is 1070. The van der Waals surface area contributed by atoms with Crippen LogP contribution in [0.3, 0.4) is 0 Å². The fourth-order valence-electron chi connectivity index (χ4n) is 3.63. The quantitative estimate of drug-likeness (QED) is 0.747. The van der Waals surface area contributed by atoms with Gasteiger partial charge in [0.25, 0.3) is 0 Å². The lowest BCUT2D eigenvalue weighted by atomic mass is 9.97. The van der Waals surface area contributed by atoms with E-state index < -0.39 is 10.0 Å². The largest absolute Gasteiger partial charge is 0.240 e. The molecule has 0 spiro atoms. The van der Waals surface area contributed by atoms with Crippen LogP contribution in [0, 0.1) is 13.8 Å². The fourth-order valence-corrected chi connectivity index (χ4v) is 4.68. The Balaban J connectivity index is 1.66. The van der Waals surface area contributed by atoms with Crippen molar-refractivity contribution in [2.75, 3.05) is 6.54 Å². The van der Waals surface area contributed by atoms with Crippen LogP contribution < -0.4 is 4.72 Å². The minimum absolute atomic E-state index is 0.0297. The van der Waals surface area contributed by atoms with E-state index in [4.69, 9.17) is 0 Å². The van der Waals surface area contributed by atoms with Gasteiger partial charge in [0.2, 0.25) is 10.0 Å². The number of hydrogen-bond acceptors (Lipinski definition) is 2. The molecule has 1 aliphatic rings. The second-order valence-corrected chi connectivity index (χ2v) is 8.66. The summed E-state index contributed by atoms with van der Waals surface area (Å²) in [6.45, 7) is 4.37. The van der Waals surface area contributed by atoms with Gasteiger partial charge in [0.15, 0.2) is 0 Å². The maximum atomic E-state index is 12.7. The van der Waals surface area contributed by atoms with E-state index in [0.717, 1.165) is 5.56 Å². The first-order chi connectivity index (χ1) is 12.5. The van der Waals surface area contributed by atoms with Crippen molar-refractivity contribution in [1.29, 1.82) is 0 Å².